The largest absolute Gasteiger partial charge is 0.478 e. The summed E-state index contributed by atoms with van der Waals surface area (Å²) in [5.41, 5.74) is 6.79. The third-order valence-electron chi connectivity index (χ3n) is 5.21. The number of rotatable bonds is 10. The zero-order valence-electron chi connectivity index (χ0n) is 18.1. The van der Waals surface area contributed by atoms with Crippen LogP contribution in [0.2, 0.25) is 0 Å². The van der Waals surface area contributed by atoms with Crippen LogP contribution in [0.4, 0.5) is 0 Å². The van der Waals surface area contributed by atoms with Gasteiger partial charge in [0.25, 0.3) is 0 Å². The molecule has 0 saturated carbocycles. The Kier molecular flexibility index (Phi) is 7.84. The van der Waals surface area contributed by atoms with Gasteiger partial charge in [-0.25, -0.2) is 4.79 Å². The topological polar surface area (TPSA) is 63.5 Å². The highest BCUT2D eigenvalue weighted by molar-refractivity contribution is 5.91. The third-order valence-corrected chi connectivity index (χ3v) is 5.21. The maximum absolute atomic E-state index is 11.9. The molecule has 5 nitrogen and oxygen atoms in total. The fourth-order valence-electron chi connectivity index (χ4n) is 3.56. The van der Waals surface area contributed by atoms with Crippen LogP contribution >= 0.6 is 0 Å². The molecule has 0 spiro atoms. The number of ether oxygens (including phenoxy) is 1. The molecule has 154 valence electrons. The Morgan fingerprint density at radius 2 is 1.89 bits per heavy atom. The summed E-state index contributed by atoms with van der Waals surface area (Å²) >= 11 is 0. The van der Waals surface area contributed by atoms with Crippen LogP contribution in [-0.2, 0) is 17.8 Å². The number of carboxylic acids is 1. The van der Waals surface area contributed by atoms with E-state index in [4.69, 9.17) is 4.74 Å². The van der Waals surface area contributed by atoms with Crippen LogP contribution in [0.5, 0.6) is 0 Å². The van der Waals surface area contributed by atoms with Crippen LogP contribution in [0.15, 0.2) is 18.2 Å². The van der Waals surface area contributed by atoms with Crippen molar-refractivity contribution in [1.82, 2.24) is 9.88 Å². The fraction of sp³-hybridized carbons (Fsp3) is 0.522. The molecule has 0 aliphatic carbocycles. The zero-order chi connectivity index (χ0) is 20.8. The Morgan fingerprint density at radius 1 is 1.18 bits per heavy atom. The van der Waals surface area contributed by atoms with Gasteiger partial charge >= 0.3 is 5.97 Å². The molecule has 1 aromatic carbocycles. The molecule has 0 fully saturated rings. The summed E-state index contributed by atoms with van der Waals surface area (Å²) in [6, 6.07) is 6.41. The molecule has 0 aliphatic rings. The molecule has 0 atom stereocenters. The average Bonchev–Trinajstić information content (AvgIpc) is 2.85. The number of benzene rings is 1. The van der Waals surface area contributed by atoms with Crippen LogP contribution < -0.4 is 5.32 Å². The van der Waals surface area contributed by atoms with Crippen LogP contribution in [0.1, 0.15) is 64.3 Å². The molecule has 1 heterocycles. The van der Waals surface area contributed by atoms with Crippen LogP contribution in [0.3, 0.4) is 0 Å². The van der Waals surface area contributed by atoms with Crippen molar-refractivity contribution < 1.29 is 14.6 Å². The van der Waals surface area contributed by atoms with E-state index in [1.807, 2.05) is 27.7 Å². The van der Waals surface area contributed by atoms with Crippen LogP contribution in [-0.4, -0.2) is 34.9 Å². The molecule has 0 unspecified atom stereocenters. The summed E-state index contributed by atoms with van der Waals surface area (Å²) in [6.07, 6.45) is 1.14. The lowest BCUT2D eigenvalue weighted by Crippen LogP contribution is -2.19. The first-order chi connectivity index (χ1) is 13.2. The number of aryl methyl sites for hydroxylation is 2. The monoisotopic (exact) mass is 386 g/mol. The molecular weight excluding hydrogens is 352 g/mol. The van der Waals surface area contributed by atoms with Crippen LogP contribution in [0.25, 0.3) is 0 Å². The molecule has 0 amide bonds. The van der Waals surface area contributed by atoms with Crippen molar-refractivity contribution in [2.24, 2.45) is 0 Å². The van der Waals surface area contributed by atoms with E-state index in [0.29, 0.717) is 25.3 Å². The van der Waals surface area contributed by atoms with Gasteiger partial charge in [-0.05, 0) is 65.6 Å². The fourth-order valence-corrected chi connectivity index (χ4v) is 3.56. The van der Waals surface area contributed by atoms with E-state index in [2.05, 4.69) is 41.9 Å². The molecule has 5 heteroatoms. The molecule has 2 N–H and O–H groups in total. The van der Waals surface area contributed by atoms with E-state index in [0.717, 1.165) is 29.9 Å². The van der Waals surface area contributed by atoms with Gasteiger partial charge in [-0.1, -0.05) is 23.8 Å². The van der Waals surface area contributed by atoms with E-state index in [9.17, 15) is 9.90 Å². The summed E-state index contributed by atoms with van der Waals surface area (Å²) < 4.78 is 7.68. The Labute approximate surface area is 168 Å². The lowest BCUT2D eigenvalue weighted by Gasteiger charge is -2.13. The molecule has 0 radical (unpaired) electrons. The zero-order valence-corrected chi connectivity index (χ0v) is 18.1. The van der Waals surface area contributed by atoms with Crippen LogP contribution in [0, 0.1) is 27.7 Å². The van der Waals surface area contributed by atoms with Gasteiger partial charge in [0.2, 0.25) is 0 Å². The van der Waals surface area contributed by atoms with Crippen molar-refractivity contribution in [2.75, 3.05) is 13.2 Å². The second-order valence-corrected chi connectivity index (χ2v) is 7.80. The molecule has 2 aromatic rings. The van der Waals surface area contributed by atoms with E-state index in [1.54, 1.807) is 0 Å². The molecule has 2 rings (SSSR count). The minimum absolute atomic E-state index is 0.239. The van der Waals surface area contributed by atoms with E-state index in [1.165, 1.54) is 16.7 Å². The van der Waals surface area contributed by atoms with Gasteiger partial charge in [0.15, 0.2) is 0 Å². The van der Waals surface area contributed by atoms with E-state index in [-0.39, 0.29) is 6.10 Å². The van der Waals surface area contributed by atoms with Crippen molar-refractivity contribution in [3.8, 4) is 0 Å². The molecule has 28 heavy (non-hydrogen) atoms. The highest BCUT2D eigenvalue weighted by Gasteiger charge is 2.22. The lowest BCUT2D eigenvalue weighted by molar-refractivity contribution is 0.0693. The normalized spacial score (nSPS) is 11.4. The Morgan fingerprint density at radius 3 is 2.54 bits per heavy atom. The Bertz CT molecular complexity index is 822. The smallest absolute Gasteiger partial charge is 0.337 e. The SMILES string of the molecule is Cc1ccc(C)c(Cn2c(C)c(CNCCCOC(C)C)c(C(=O)O)c2C)c1. The van der Waals surface area contributed by atoms with Crippen molar-refractivity contribution in [1.29, 1.82) is 0 Å². The van der Waals surface area contributed by atoms with Crippen molar-refractivity contribution in [2.45, 2.75) is 67.2 Å². The van der Waals surface area contributed by atoms with E-state index < -0.39 is 5.97 Å². The van der Waals surface area contributed by atoms with Gasteiger partial charge in [0.05, 0.1) is 11.7 Å². The van der Waals surface area contributed by atoms with Gasteiger partial charge in [0.1, 0.15) is 0 Å². The van der Waals surface area contributed by atoms with Crippen molar-refractivity contribution >= 4 is 5.97 Å². The Hall–Kier alpha value is -2.11. The summed E-state index contributed by atoms with van der Waals surface area (Å²) in [7, 11) is 0. The molecule has 0 aliphatic heterocycles. The lowest BCUT2D eigenvalue weighted by atomic mass is 10.1. The molecule has 0 bridgehead atoms. The van der Waals surface area contributed by atoms with Gasteiger partial charge in [-0.2, -0.15) is 0 Å². The van der Waals surface area contributed by atoms with Crippen molar-refractivity contribution in [3.05, 3.63) is 57.4 Å². The van der Waals surface area contributed by atoms with Gasteiger partial charge < -0.3 is 19.7 Å². The maximum Gasteiger partial charge on any atom is 0.337 e. The number of nitrogens with one attached hydrogen (secondary N) is 1. The first kappa shape index (κ1) is 22.2. The molecule has 0 saturated heterocycles. The second kappa shape index (κ2) is 9.89. The minimum atomic E-state index is -0.861. The highest BCUT2D eigenvalue weighted by atomic mass is 16.5. The third kappa shape index (κ3) is 5.46. The minimum Gasteiger partial charge on any atom is -0.478 e. The standard InChI is InChI=1S/C23H34N2O3/c1-15(2)28-11-7-10-24-13-21-18(5)25(19(6)22(21)23(26)27)14-20-12-16(3)8-9-17(20)4/h8-9,12,15,24H,7,10-11,13-14H2,1-6H3,(H,26,27). The van der Waals surface area contributed by atoms with Gasteiger partial charge in [0, 0.05) is 36.6 Å². The van der Waals surface area contributed by atoms with Gasteiger partial charge in [-0.3, -0.25) is 0 Å². The predicted molar refractivity (Wildman–Crippen MR) is 113 cm³/mol. The summed E-state index contributed by atoms with van der Waals surface area (Å²) in [4.78, 5) is 11.9. The summed E-state index contributed by atoms with van der Waals surface area (Å²) in [6.45, 7) is 14.9. The van der Waals surface area contributed by atoms with Crippen molar-refractivity contribution in [3.63, 3.8) is 0 Å². The summed E-state index contributed by atoms with van der Waals surface area (Å²) in [5.74, 6) is -0.861. The predicted octanol–water partition coefficient (Wildman–Crippen LogP) is 4.37. The quantitative estimate of drug-likeness (QED) is 0.595. The molecule has 1 aromatic heterocycles. The maximum atomic E-state index is 11.9. The number of aromatic carboxylic acids is 1. The summed E-state index contributed by atoms with van der Waals surface area (Å²) in [5, 5.41) is 13.2. The Balaban J connectivity index is 2.18. The van der Waals surface area contributed by atoms with Gasteiger partial charge in [-0.15, -0.1) is 0 Å². The first-order valence-corrected chi connectivity index (χ1v) is 10.0. The highest BCUT2D eigenvalue weighted by Crippen LogP contribution is 2.25. The first-order valence-electron chi connectivity index (χ1n) is 10.0. The number of aromatic nitrogens is 1. The average molecular weight is 387 g/mol. The number of nitrogens with zero attached hydrogens (tertiary/aromatic N) is 1. The molecular formula is C23H34N2O3. The number of carboxylic acid groups (broad SMARTS) is 1. The number of hydrogen-bond acceptors (Lipinski definition) is 3. The number of carbonyl (C=O) groups is 1. The number of hydrogen-bond donors (Lipinski definition) is 2. The van der Waals surface area contributed by atoms with E-state index >= 15 is 0 Å². The second-order valence-electron chi connectivity index (χ2n) is 7.80.